The third-order valence-corrected chi connectivity index (χ3v) is 2.03. The maximum atomic E-state index is 11.7. The first kappa shape index (κ1) is 9.52. The Bertz CT molecular complexity index is 395. The largest absolute Gasteiger partial charge is 0.288 e. The van der Waals surface area contributed by atoms with Crippen molar-refractivity contribution in [1.29, 1.82) is 0 Å². The van der Waals surface area contributed by atoms with Crippen molar-refractivity contribution in [2.45, 2.75) is 0 Å². The minimum Gasteiger partial charge on any atom is -0.288 e. The Morgan fingerprint density at radius 3 is 2.80 bits per heavy atom. The van der Waals surface area contributed by atoms with Crippen LogP contribution in [0, 0.1) is 6.08 Å². The van der Waals surface area contributed by atoms with Gasteiger partial charge < -0.3 is 0 Å². The molecular formula is C12H11N2O. The molecule has 1 amide bonds. The number of carbonyl (C=O) groups is 1. The van der Waals surface area contributed by atoms with Crippen LogP contribution < -0.4 is 5.43 Å². The second kappa shape index (κ2) is 4.46. The van der Waals surface area contributed by atoms with Crippen molar-refractivity contribution < 1.29 is 4.79 Å². The molecule has 0 saturated heterocycles. The number of carbonyl (C=O) groups excluding carboxylic acids is 1. The van der Waals surface area contributed by atoms with Gasteiger partial charge in [-0.25, -0.2) is 0 Å². The lowest BCUT2D eigenvalue weighted by Gasteiger charge is -2.20. The summed E-state index contributed by atoms with van der Waals surface area (Å²) in [6.45, 7) is 0.672. The van der Waals surface area contributed by atoms with Crippen molar-refractivity contribution in [2.75, 3.05) is 6.54 Å². The topological polar surface area (TPSA) is 32.3 Å². The average Bonchev–Trinajstić information content (AvgIpc) is 2.31. The van der Waals surface area contributed by atoms with Crippen LogP contribution in [0.3, 0.4) is 0 Å². The summed E-state index contributed by atoms with van der Waals surface area (Å²) in [6.07, 6.45) is 8.35. The Morgan fingerprint density at radius 1 is 1.33 bits per heavy atom. The molecule has 1 aromatic carbocycles. The van der Waals surface area contributed by atoms with Crippen molar-refractivity contribution in [3.05, 3.63) is 60.3 Å². The van der Waals surface area contributed by atoms with Gasteiger partial charge in [-0.2, -0.15) is 0 Å². The van der Waals surface area contributed by atoms with Gasteiger partial charge in [-0.1, -0.05) is 30.4 Å². The molecule has 0 bridgehead atoms. The molecular weight excluding hydrogens is 188 g/mol. The summed E-state index contributed by atoms with van der Waals surface area (Å²) in [5.41, 5.74) is 3.41. The molecule has 0 fully saturated rings. The van der Waals surface area contributed by atoms with Gasteiger partial charge in [-0.3, -0.25) is 15.2 Å². The molecule has 1 heterocycles. The minimum absolute atomic E-state index is 0.107. The molecule has 0 aromatic heterocycles. The molecule has 2 rings (SSSR count). The van der Waals surface area contributed by atoms with Crippen molar-refractivity contribution >= 4 is 5.91 Å². The third kappa shape index (κ3) is 2.47. The zero-order chi connectivity index (χ0) is 10.5. The fraction of sp³-hybridized carbons (Fsp3) is 0.0833. The van der Waals surface area contributed by atoms with Crippen LogP contribution in [0.5, 0.6) is 0 Å². The Kier molecular flexibility index (Phi) is 2.83. The number of hydrazine groups is 1. The van der Waals surface area contributed by atoms with E-state index in [1.165, 1.54) is 0 Å². The first-order valence-electron chi connectivity index (χ1n) is 4.73. The monoisotopic (exact) mass is 199 g/mol. The van der Waals surface area contributed by atoms with Crippen LogP contribution in [0.15, 0.2) is 48.7 Å². The molecule has 1 aliphatic heterocycles. The van der Waals surface area contributed by atoms with Gasteiger partial charge in [-0.15, -0.1) is 0 Å². The Balaban J connectivity index is 1.98. The summed E-state index contributed by atoms with van der Waals surface area (Å²) in [5.74, 6) is -0.107. The van der Waals surface area contributed by atoms with Gasteiger partial charge in [0.25, 0.3) is 5.91 Å². The van der Waals surface area contributed by atoms with E-state index >= 15 is 0 Å². The van der Waals surface area contributed by atoms with Crippen molar-refractivity contribution in [1.82, 2.24) is 10.4 Å². The lowest BCUT2D eigenvalue weighted by atomic mass is 10.2. The fourth-order valence-corrected chi connectivity index (χ4v) is 1.28. The quantitative estimate of drug-likeness (QED) is 0.783. The van der Waals surface area contributed by atoms with Crippen LogP contribution in [0.2, 0.25) is 0 Å². The van der Waals surface area contributed by atoms with Crippen LogP contribution in [0.4, 0.5) is 0 Å². The van der Waals surface area contributed by atoms with E-state index in [9.17, 15) is 4.79 Å². The molecule has 3 heteroatoms. The zero-order valence-corrected chi connectivity index (χ0v) is 8.18. The maximum Gasteiger partial charge on any atom is 0.269 e. The Hall–Kier alpha value is -2.03. The van der Waals surface area contributed by atoms with E-state index in [-0.39, 0.29) is 5.91 Å². The van der Waals surface area contributed by atoms with Gasteiger partial charge in [0.15, 0.2) is 0 Å². The van der Waals surface area contributed by atoms with E-state index in [1.807, 2.05) is 30.4 Å². The molecule has 1 N–H and O–H groups in total. The van der Waals surface area contributed by atoms with Crippen LogP contribution in [-0.2, 0) is 0 Å². The number of amides is 1. The normalized spacial score (nSPS) is 14.0. The predicted molar refractivity (Wildman–Crippen MR) is 57.6 cm³/mol. The summed E-state index contributed by atoms with van der Waals surface area (Å²) in [6, 6.07) is 9.12. The molecule has 1 aromatic rings. The second-order valence-electron chi connectivity index (χ2n) is 3.16. The zero-order valence-electron chi connectivity index (χ0n) is 8.18. The van der Waals surface area contributed by atoms with E-state index in [0.717, 1.165) is 0 Å². The average molecular weight is 199 g/mol. The number of rotatable bonds is 2. The van der Waals surface area contributed by atoms with Gasteiger partial charge in [0.1, 0.15) is 0 Å². The number of benzene rings is 1. The van der Waals surface area contributed by atoms with Crippen LogP contribution in [-0.4, -0.2) is 17.5 Å². The molecule has 0 aliphatic carbocycles. The van der Waals surface area contributed by atoms with Crippen LogP contribution >= 0.6 is 0 Å². The second-order valence-corrected chi connectivity index (χ2v) is 3.16. The highest BCUT2D eigenvalue weighted by Gasteiger charge is 2.07. The number of allylic oxidation sites excluding steroid dienone is 2. The van der Waals surface area contributed by atoms with Gasteiger partial charge >= 0.3 is 0 Å². The highest BCUT2D eigenvalue weighted by atomic mass is 16.2. The molecule has 1 aliphatic rings. The number of nitrogens with zero attached hydrogens (tertiary/aromatic N) is 1. The standard InChI is InChI=1S/C12H11N2O/c15-12(11-7-3-1-4-8-11)13-14-9-5-2-6-10-14/h1-5,7-8,10H,9H2,(H,13,15). The SMILES string of the molecule is O=C(NN1C=[C]C=CC1)c1ccccc1. The minimum atomic E-state index is -0.107. The van der Waals surface area contributed by atoms with Crippen molar-refractivity contribution in [3.63, 3.8) is 0 Å². The van der Waals surface area contributed by atoms with E-state index in [2.05, 4.69) is 11.5 Å². The highest BCUT2D eigenvalue weighted by Crippen LogP contribution is 2.00. The summed E-state index contributed by atoms with van der Waals surface area (Å²) in [7, 11) is 0. The molecule has 0 unspecified atom stereocenters. The van der Waals surface area contributed by atoms with E-state index in [1.54, 1.807) is 23.3 Å². The Labute approximate surface area is 88.7 Å². The summed E-state index contributed by atoms with van der Waals surface area (Å²) in [5, 5.41) is 1.69. The van der Waals surface area contributed by atoms with E-state index < -0.39 is 0 Å². The van der Waals surface area contributed by atoms with Gasteiger partial charge in [0.2, 0.25) is 0 Å². The summed E-state index contributed by atoms with van der Waals surface area (Å²) >= 11 is 0. The van der Waals surface area contributed by atoms with E-state index in [0.29, 0.717) is 12.1 Å². The molecule has 0 atom stereocenters. The van der Waals surface area contributed by atoms with Gasteiger partial charge in [0, 0.05) is 17.8 Å². The molecule has 3 nitrogen and oxygen atoms in total. The first-order chi connectivity index (χ1) is 7.36. The molecule has 1 radical (unpaired) electrons. The van der Waals surface area contributed by atoms with Gasteiger partial charge in [-0.05, 0) is 12.1 Å². The summed E-state index contributed by atoms with van der Waals surface area (Å²) < 4.78 is 0. The summed E-state index contributed by atoms with van der Waals surface area (Å²) in [4.78, 5) is 11.7. The molecule has 0 saturated carbocycles. The lowest BCUT2D eigenvalue weighted by Crippen LogP contribution is -2.39. The number of nitrogens with one attached hydrogen (secondary N) is 1. The third-order valence-electron chi connectivity index (χ3n) is 2.03. The lowest BCUT2D eigenvalue weighted by molar-refractivity contribution is 0.0860. The predicted octanol–water partition coefficient (Wildman–Crippen LogP) is 1.52. The van der Waals surface area contributed by atoms with Crippen molar-refractivity contribution in [2.24, 2.45) is 0 Å². The van der Waals surface area contributed by atoms with Crippen LogP contribution in [0.25, 0.3) is 0 Å². The maximum absolute atomic E-state index is 11.7. The van der Waals surface area contributed by atoms with Gasteiger partial charge in [0.05, 0.1) is 6.54 Å². The molecule has 15 heavy (non-hydrogen) atoms. The molecule has 0 spiro atoms. The Morgan fingerprint density at radius 2 is 2.13 bits per heavy atom. The number of hydrogen-bond acceptors (Lipinski definition) is 2. The fourth-order valence-electron chi connectivity index (χ4n) is 1.28. The van der Waals surface area contributed by atoms with Crippen molar-refractivity contribution in [3.8, 4) is 0 Å². The first-order valence-corrected chi connectivity index (χ1v) is 4.73. The smallest absolute Gasteiger partial charge is 0.269 e. The molecule has 75 valence electrons. The van der Waals surface area contributed by atoms with Crippen LogP contribution in [0.1, 0.15) is 10.4 Å². The number of hydrogen-bond donors (Lipinski definition) is 1. The van der Waals surface area contributed by atoms with E-state index in [4.69, 9.17) is 0 Å². The highest BCUT2D eigenvalue weighted by molar-refractivity contribution is 5.93.